The summed E-state index contributed by atoms with van der Waals surface area (Å²) in [6.45, 7) is 0.783. The quantitative estimate of drug-likeness (QED) is 0.138. The second-order valence-corrected chi connectivity index (χ2v) is 17.2. The third kappa shape index (κ3) is 6.27. The first kappa shape index (κ1) is 36.8. The molecule has 5 aromatic rings. The maximum atomic E-state index is 15.1. The number of imide groups is 1. The summed E-state index contributed by atoms with van der Waals surface area (Å²) in [4.78, 5) is 49.2. The lowest BCUT2D eigenvalue weighted by Crippen LogP contribution is -2.59. The Morgan fingerprint density at radius 2 is 1.79 bits per heavy atom. The Hall–Kier alpha value is -5.51. The van der Waals surface area contributed by atoms with Gasteiger partial charge in [-0.15, -0.1) is 0 Å². The highest BCUT2D eigenvalue weighted by molar-refractivity contribution is 6.33. The van der Waals surface area contributed by atoms with Crippen LogP contribution < -0.4 is 36.5 Å². The number of anilines is 5. The van der Waals surface area contributed by atoms with Gasteiger partial charge in [-0.25, -0.2) is 13.8 Å². The standard InChI is InChI=1S/C41H43ClF2N10O4/c1-52-29-10-8-23(16-26(29)32-34(38(52)57)58-20-41(43,44)35(49-32)21-6-7-21)47-36-27(42)17-45-39(50-36)54-18-40(19-54)14-12-22(13-15-40)46-28-5-3-4-24-31(51-53(2)33(24)28)25-9-11-30(55)48-37(25)56/h3-5,8,10,16-17,21-22,25,35,46,49H,6-7,9,11-15,18-20H2,1-2H3,(H,45,47,50)(H,48,55,56)/t25?,35-/m0/s1. The van der Waals surface area contributed by atoms with Crippen molar-refractivity contribution >= 4 is 74.0 Å². The Labute approximate surface area is 336 Å². The molecule has 2 saturated heterocycles. The van der Waals surface area contributed by atoms with Crippen molar-refractivity contribution in [1.82, 2.24) is 29.6 Å². The summed E-state index contributed by atoms with van der Waals surface area (Å²) >= 11 is 6.62. The molecule has 1 unspecified atom stereocenters. The number of rotatable bonds is 7. The molecule has 2 amide bonds. The fourth-order valence-corrected chi connectivity index (χ4v) is 9.67. The van der Waals surface area contributed by atoms with Gasteiger partial charge < -0.3 is 30.2 Å². The lowest BCUT2D eigenvalue weighted by molar-refractivity contribution is -0.134. The van der Waals surface area contributed by atoms with Crippen molar-refractivity contribution in [3.05, 3.63) is 63.7 Å². The van der Waals surface area contributed by atoms with E-state index in [2.05, 4.69) is 37.2 Å². The van der Waals surface area contributed by atoms with Crippen LogP contribution in [0.4, 0.5) is 37.6 Å². The molecule has 4 fully saturated rings. The first-order valence-electron chi connectivity index (χ1n) is 19.9. The van der Waals surface area contributed by atoms with Crippen molar-refractivity contribution < 1.29 is 23.1 Å². The van der Waals surface area contributed by atoms with Crippen LogP contribution >= 0.6 is 11.6 Å². The number of pyridine rings is 1. The molecule has 2 aromatic carbocycles. The maximum Gasteiger partial charge on any atom is 0.301 e. The largest absolute Gasteiger partial charge is 0.480 e. The molecule has 0 bridgehead atoms. The summed E-state index contributed by atoms with van der Waals surface area (Å²) in [5.74, 6) is -3.45. The zero-order chi connectivity index (χ0) is 40.1. The lowest BCUT2D eigenvalue weighted by atomic mass is 9.67. The van der Waals surface area contributed by atoms with Crippen LogP contribution in [-0.2, 0) is 23.7 Å². The predicted octanol–water partition coefficient (Wildman–Crippen LogP) is 6.21. The fourth-order valence-electron chi connectivity index (χ4n) is 9.53. The molecule has 3 aromatic heterocycles. The van der Waals surface area contributed by atoms with E-state index in [9.17, 15) is 14.4 Å². The summed E-state index contributed by atoms with van der Waals surface area (Å²) in [5.41, 5.74) is 3.77. The van der Waals surface area contributed by atoms with Crippen LogP contribution in [0.25, 0.3) is 21.8 Å². The van der Waals surface area contributed by atoms with Gasteiger partial charge in [-0.2, -0.15) is 10.1 Å². The summed E-state index contributed by atoms with van der Waals surface area (Å²) in [5, 5.41) is 19.1. The van der Waals surface area contributed by atoms with Crippen LogP contribution in [0.15, 0.2) is 47.4 Å². The van der Waals surface area contributed by atoms with Gasteiger partial charge in [-0.05, 0) is 75.1 Å². The molecule has 14 nitrogen and oxygen atoms in total. The molecule has 302 valence electrons. The molecule has 3 aliphatic heterocycles. The molecule has 6 heterocycles. The average Bonchev–Trinajstić information content (AvgIpc) is 3.99. The molecule has 10 rings (SSSR count). The topological polar surface area (TPSA) is 160 Å². The number of carbonyl (C=O) groups is 2. The summed E-state index contributed by atoms with van der Waals surface area (Å²) < 4.78 is 39.0. The molecule has 2 atom stereocenters. The van der Waals surface area contributed by atoms with Crippen LogP contribution in [0.1, 0.15) is 63.0 Å². The van der Waals surface area contributed by atoms with Crippen molar-refractivity contribution in [3.63, 3.8) is 0 Å². The Morgan fingerprint density at radius 3 is 2.55 bits per heavy atom. The number of halogens is 3. The van der Waals surface area contributed by atoms with Gasteiger partial charge in [0.2, 0.25) is 23.5 Å². The lowest BCUT2D eigenvalue weighted by Gasteiger charge is -2.53. The Bertz CT molecular complexity index is 2580. The number of alkyl halides is 2. The Kier molecular flexibility index (Phi) is 8.59. The van der Waals surface area contributed by atoms with E-state index in [1.165, 1.54) is 4.57 Å². The van der Waals surface area contributed by atoms with E-state index in [-0.39, 0.29) is 40.6 Å². The molecule has 0 radical (unpaired) electrons. The third-order valence-corrected chi connectivity index (χ3v) is 13.1. The van der Waals surface area contributed by atoms with Gasteiger partial charge in [-0.1, -0.05) is 23.7 Å². The number of benzene rings is 2. The van der Waals surface area contributed by atoms with Crippen molar-refractivity contribution in [2.75, 3.05) is 40.5 Å². The highest BCUT2D eigenvalue weighted by atomic mass is 35.5. The van der Waals surface area contributed by atoms with E-state index < -0.39 is 30.0 Å². The number of para-hydroxylation sites is 1. The van der Waals surface area contributed by atoms with Gasteiger partial charge in [0.05, 0.1) is 46.3 Å². The van der Waals surface area contributed by atoms with E-state index in [1.807, 2.05) is 23.9 Å². The number of ether oxygens (including phenoxy) is 1. The van der Waals surface area contributed by atoms with Gasteiger partial charge in [0, 0.05) is 61.5 Å². The molecular formula is C41H43ClF2N10O4. The zero-order valence-electron chi connectivity index (χ0n) is 32.1. The van der Waals surface area contributed by atoms with Gasteiger partial charge in [0.15, 0.2) is 12.4 Å². The molecule has 58 heavy (non-hydrogen) atoms. The van der Waals surface area contributed by atoms with E-state index in [1.54, 1.807) is 31.4 Å². The van der Waals surface area contributed by atoms with Gasteiger partial charge in [-0.3, -0.25) is 24.4 Å². The minimum absolute atomic E-state index is 0.111. The van der Waals surface area contributed by atoms with Crippen molar-refractivity contribution in [2.24, 2.45) is 25.4 Å². The van der Waals surface area contributed by atoms with Crippen LogP contribution in [0.3, 0.4) is 0 Å². The van der Waals surface area contributed by atoms with Crippen LogP contribution in [0.5, 0.6) is 5.75 Å². The highest BCUT2D eigenvalue weighted by Gasteiger charge is 2.51. The van der Waals surface area contributed by atoms with E-state index in [4.69, 9.17) is 26.4 Å². The average molecular weight is 813 g/mol. The smallest absolute Gasteiger partial charge is 0.301 e. The second-order valence-electron chi connectivity index (χ2n) is 16.8. The summed E-state index contributed by atoms with van der Waals surface area (Å²) in [6, 6.07) is 10.6. The SMILES string of the molecule is Cn1nc(C2CCC(=O)NC2=O)c2cccc(NC3CCC4(CC3)CN(c3ncc(Cl)c(Nc5ccc6c(c5)c5c(c(=O)n6C)OCC(F)(F)[C@H](C6CC6)N5)n3)C4)c21. The van der Waals surface area contributed by atoms with Gasteiger partial charge in [0.1, 0.15) is 5.02 Å². The van der Waals surface area contributed by atoms with E-state index in [0.717, 1.165) is 55.4 Å². The minimum Gasteiger partial charge on any atom is -0.480 e. The normalized spacial score (nSPS) is 22.8. The predicted molar refractivity (Wildman–Crippen MR) is 216 cm³/mol. The summed E-state index contributed by atoms with van der Waals surface area (Å²) in [6.07, 6.45) is 7.80. The monoisotopic (exact) mass is 812 g/mol. The maximum absolute atomic E-state index is 15.1. The fraction of sp³-hybridized carbons (Fsp3) is 0.463. The van der Waals surface area contributed by atoms with E-state index >= 15 is 8.78 Å². The minimum atomic E-state index is -3.13. The number of carbonyl (C=O) groups excluding carboxylic acids is 2. The number of aromatic nitrogens is 5. The van der Waals surface area contributed by atoms with Crippen LogP contribution in [0.2, 0.25) is 5.02 Å². The molecular weight excluding hydrogens is 770 g/mol. The number of fused-ring (bicyclic) bond motifs is 4. The zero-order valence-corrected chi connectivity index (χ0v) is 32.8. The number of amides is 2. The third-order valence-electron chi connectivity index (χ3n) is 12.8. The highest BCUT2D eigenvalue weighted by Crippen LogP contribution is 2.48. The number of piperidine rings is 1. The first-order valence-corrected chi connectivity index (χ1v) is 20.3. The first-order chi connectivity index (χ1) is 27.9. The number of nitrogens with zero attached hydrogens (tertiary/aromatic N) is 6. The number of aryl methyl sites for hydroxylation is 2. The van der Waals surface area contributed by atoms with Crippen LogP contribution in [-0.4, -0.2) is 73.8 Å². The van der Waals surface area contributed by atoms with Crippen molar-refractivity contribution in [3.8, 4) is 5.75 Å². The van der Waals surface area contributed by atoms with Crippen LogP contribution in [0, 0.1) is 11.3 Å². The molecule has 2 saturated carbocycles. The summed E-state index contributed by atoms with van der Waals surface area (Å²) in [7, 11) is 3.49. The van der Waals surface area contributed by atoms with Gasteiger partial charge in [0.25, 0.3) is 5.56 Å². The molecule has 2 aliphatic carbocycles. The molecule has 1 spiro atoms. The Morgan fingerprint density at radius 1 is 1.00 bits per heavy atom. The second kappa shape index (κ2) is 13.5. The Balaban J connectivity index is 0.818. The number of hydrogen-bond donors (Lipinski definition) is 4. The van der Waals surface area contributed by atoms with E-state index in [0.29, 0.717) is 64.8 Å². The molecule has 5 aliphatic rings. The molecule has 17 heteroatoms. The number of hydrogen-bond acceptors (Lipinski definition) is 11. The van der Waals surface area contributed by atoms with Crippen molar-refractivity contribution in [2.45, 2.75) is 75.3 Å². The number of nitrogens with one attached hydrogen (secondary N) is 4. The van der Waals surface area contributed by atoms with Crippen molar-refractivity contribution in [1.29, 1.82) is 0 Å². The molecule has 4 N–H and O–H groups in total. The van der Waals surface area contributed by atoms with Gasteiger partial charge >= 0.3 is 5.92 Å².